The SMILES string of the molecule is CC1=C[C@H]2[C@@]3(O)[C@H](C)[C@@H](OC(=O)CCN)[C@]4(O)[C@@H]([C@@H]3C=C(CO)C[C@@]2(O)C1=O)C4(C)C. The predicted octanol–water partition coefficient (Wildman–Crippen LogP) is -0.170. The topological polar surface area (TPSA) is 150 Å². The van der Waals surface area contributed by atoms with E-state index in [4.69, 9.17) is 10.5 Å². The molecule has 8 nitrogen and oxygen atoms in total. The summed E-state index contributed by atoms with van der Waals surface area (Å²) in [4.78, 5) is 25.3. The van der Waals surface area contributed by atoms with Gasteiger partial charge in [0.05, 0.1) is 18.6 Å². The van der Waals surface area contributed by atoms with Gasteiger partial charge in [-0.25, -0.2) is 0 Å². The molecule has 0 aromatic heterocycles. The molecule has 0 unspecified atom stereocenters. The van der Waals surface area contributed by atoms with Crippen molar-refractivity contribution in [2.75, 3.05) is 13.2 Å². The Morgan fingerprint density at radius 3 is 2.48 bits per heavy atom. The van der Waals surface area contributed by atoms with Gasteiger partial charge < -0.3 is 30.9 Å². The Balaban J connectivity index is 1.89. The van der Waals surface area contributed by atoms with Crippen LogP contribution in [0.1, 0.15) is 40.5 Å². The maximum absolute atomic E-state index is 12.9. The highest BCUT2D eigenvalue weighted by molar-refractivity contribution is 6.04. The van der Waals surface area contributed by atoms with Gasteiger partial charge in [-0.1, -0.05) is 32.9 Å². The minimum Gasteiger partial charge on any atom is -0.459 e. The van der Waals surface area contributed by atoms with Crippen LogP contribution in [0.15, 0.2) is 23.3 Å². The van der Waals surface area contributed by atoms with Gasteiger partial charge in [-0.15, -0.1) is 0 Å². The molecular weight excluding hydrogens is 402 g/mol. The van der Waals surface area contributed by atoms with Crippen LogP contribution in [0.3, 0.4) is 0 Å². The van der Waals surface area contributed by atoms with Gasteiger partial charge in [0.15, 0.2) is 5.78 Å². The Hall–Kier alpha value is -1.58. The quantitative estimate of drug-likeness (QED) is 0.302. The third kappa shape index (κ3) is 2.60. The average Bonchev–Trinajstić information content (AvgIpc) is 3.09. The van der Waals surface area contributed by atoms with Gasteiger partial charge in [0, 0.05) is 42.1 Å². The van der Waals surface area contributed by atoms with Crippen LogP contribution < -0.4 is 5.73 Å². The third-order valence-electron chi connectivity index (χ3n) is 8.61. The highest BCUT2D eigenvalue weighted by Crippen LogP contribution is 2.75. The van der Waals surface area contributed by atoms with Gasteiger partial charge in [-0.3, -0.25) is 9.59 Å². The van der Waals surface area contributed by atoms with Crippen LogP contribution in [0.25, 0.3) is 0 Å². The van der Waals surface area contributed by atoms with Gasteiger partial charge in [-0.2, -0.15) is 0 Å². The number of carbonyl (C=O) groups excluding carboxylic acids is 2. The monoisotopic (exact) mass is 435 g/mol. The van der Waals surface area contributed by atoms with Crippen molar-refractivity contribution in [3.05, 3.63) is 23.3 Å². The van der Waals surface area contributed by atoms with E-state index in [0.29, 0.717) is 11.1 Å². The van der Waals surface area contributed by atoms with Gasteiger partial charge in [-0.05, 0) is 18.1 Å². The van der Waals surface area contributed by atoms with Crippen molar-refractivity contribution >= 4 is 11.8 Å². The summed E-state index contributed by atoms with van der Waals surface area (Å²) in [5.41, 5.74) is 0.584. The first kappa shape index (κ1) is 22.6. The number of ketones is 1. The number of aliphatic hydroxyl groups is 4. The molecule has 2 fully saturated rings. The third-order valence-corrected chi connectivity index (χ3v) is 8.61. The molecule has 0 radical (unpaired) electrons. The van der Waals surface area contributed by atoms with E-state index in [9.17, 15) is 30.0 Å². The lowest BCUT2D eigenvalue weighted by molar-refractivity contribution is -0.221. The Labute approximate surface area is 181 Å². The Kier molecular flexibility index (Phi) is 4.90. The highest BCUT2D eigenvalue weighted by Gasteiger charge is 2.85. The first-order valence-electron chi connectivity index (χ1n) is 10.9. The molecule has 31 heavy (non-hydrogen) atoms. The fraction of sp³-hybridized carbons (Fsp3) is 0.739. The van der Waals surface area contributed by atoms with Crippen molar-refractivity contribution in [2.24, 2.45) is 34.8 Å². The smallest absolute Gasteiger partial charge is 0.307 e. The molecule has 4 aliphatic rings. The standard InChI is InChI=1S/C23H33NO7/c1-11-7-15-21(28,18(11)27)9-13(10-25)8-14-17-20(3,4)23(17,30)19(12(2)22(14,15)29)31-16(26)5-6-24/h7-8,12,14-15,17,19,25,28-30H,5-6,9-10,24H2,1-4H3/t12-,14+,15-,17+,19-,21+,22-,23-/m1/s1. The van der Waals surface area contributed by atoms with Gasteiger partial charge in [0.2, 0.25) is 0 Å². The van der Waals surface area contributed by atoms with Crippen LogP contribution in [-0.4, -0.2) is 68.2 Å². The fourth-order valence-corrected chi connectivity index (χ4v) is 6.93. The molecule has 0 heterocycles. The molecule has 6 N–H and O–H groups in total. The number of nitrogens with two attached hydrogens (primary N) is 1. The summed E-state index contributed by atoms with van der Waals surface area (Å²) in [6, 6.07) is 0. The van der Waals surface area contributed by atoms with Crippen LogP contribution in [-0.2, 0) is 14.3 Å². The van der Waals surface area contributed by atoms with Crippen LogP contribution >= 0.6 is 0 Å². The summed E-state index contributed by atoms with van der Waals surface area (Å²) in [6.45, 7) is 6.70. The molecule has 2 saturated carbocycles. The lowest BCUT2D eigenvalue weighted by atomic mass is 9.59. The molecule has 0 amide bonds. The average molecular weight is 436 g/mol. The lowest BCUT2D eigenvalue weighted by Crippen LogP contribution is -2.65. The van der Waals surface area contributed by atoms with E-state index in [1.54, 1.807) is 26.0 Å². The van der Waals surface area contributed by atoms with Crippen LogP contribution in [0.2, 0.25) is 0 Å². The molecule has 4 rings (SSSR count). The molecule has 0 aromatic rings. The number of hydrogen-bond donors (Lipinski definition) is 5. The van der Waals surface area contributed by atoms with Gasteiger partial charge in [0.25, 0.3) is 0 Å². The van der Waals surface area contributed by atoms with Crippen molar-refractivity contribution in [2.45, 2.75) is 63.4 Å². The second-order valence-electron chi connectivity index (χ2n) is 10.4. The summed E-state index contributed by atoms with van der Waals surface area (Å²) < 4.78 is 5.69. The molecular formula is C23H33NO7. The van der Waals surface area contributed by atoms with Crippen LogP contribution in [0.4, 0.5) is 0 Å². The Morgan fingerprint density at radius 2 is 1.90 bits per heavy atom. The van der Waals surface area contributed by atoms with E-state index in [2.05, 4.69) is 0 Å². The molecule has 0 aliphatic heterocycles. The van der Waals surface area contributed by atoms with Crippen molar-refractivity contribution in [3.63, 3.8) is 0 Å². The molecule has 0 spiro atoms. The zero-order valence-corrected chi connectivity index (χ0v) is 18.5. The number of hydrogen-bond acceptors (Lipinski definition) is 8. The summed E-state index contributed by atoms with van der Waals surface area (Å²) >= 11 is 0. The number of carbonyl (C=O) groups is 2. The maximum atomic E-state index is 12.9. The lowest BCUT2D eigenvalue weighted by Gasteiger charge is -2.52. The number of ether oxygens (including phenoxy) is 1. The molecule has 0 bridgehead atoms. The summed E-state index contributed by atoms with van der Waals surface area (Å²) in [5.74, 6) is -3.97. The molecule has 172 valence electrons. The number of aliphatic hydroxyl groups excluding tert-OH is 1. The second kappa shape index (κ2) is 6.71. The van der Waals surface area contributed by atoms with Crippen molar-refractivity contribution in [3.8, 4) is 0 Å². The number of Topliss-reactive ketones (excluding diaryl/α,β-unsaturated/α-hetero) is 1. The zero-order valence-electron chi connectivity index (χ0n) is 18.5. The predicted molar refractivity (Wildman–Crippen MR) is 110 cm³/mol. The van der Waals surface area contributed by atoms with Gasteiger partial charge in [0.1, 0.15) is 17.3 Å². The number of fused-ring (bicyclic) bond motifs is 5. The van der Waals surface area contributed by atoms with E-state index >= 15 is 0 Å². The normalized spacial score (nSPS) is 47.4. The van der Waals surface area contributed by atoms with Crippen LogP contribution in [0.5, 0.6) is 0 Å². The fourth-order valence-electron chi connectivity index (χ4n) is 6.93. The van der Waals surface area contributed by atoms with E-state index in [-0.39, 0.29) is 26.0 Å². The molecule has 0 aromatic carbocycles. The first-order valence-corrected chi connectivity index (χ1v) is 10.9. The second-order valence-corrected chi connectivity index (χ2v) is 10.4. The zero-order chi connectivity index (χ0) is 23.1. The molecule has 8 heteroatoms. The number of esters is 1. The molecule has 8 atom stereocenters. The van der Waals surface area contributed by atoms with Crippen molar-refractivity contribution in [1.29, 1.82) is 0 Å². The largest absolute Gasteiger partial charge is 0.459 e. The van der Waals surface area contributed by atoms with Crippen LogP contribution in [0, 0.1) is 29.1 Å². The maximum Gasteiger partial charge on any atom is 0.307 e. The molecule has 0 saturated heterocycles. The summed E-state index contributed by atoms with van der Waals surface area (Å²) in [5, 5.41) is 45.4. The van der Waals surface area contributed by atoms with E-state index in [1.807, 2.05) is 13.8 Å². The van der Waals surface area contributed by atoms with E-state index in [0.717, 1.165) is 0 Å². The Morgan fingerprint density at radius 1 is 1.26 bits per heavy atom. The minimum atomic E-state index is -1.91. The minimum absolute atomic E-state index is 0.0221. The summed E-state index contributed by atoms with van der Waals surface area (Å²) in [7, 11) is 0. The Bertz CT molecular complexity index is 894. The van der Waals surface area contributed by atoms with Crippen molar-refractivity contribution < 1.29 is 34.8 Å². The number of rotatable bonds is 4. The first-order chi connectivity index (χ1) is 14.3. The van der Waals surface area contributed by atoms with Gasteiger partial charge >= 0.3 is 5.97 Å². The molecule has 4 aliphatic carbocycles. The van der Waals surface area contributed by atoms with E-state index in [1.165, 1.54) is 0 Å². The van der Waals surface area contributed by atoms with Crippen molar-refractivity contribution in [1.82, 2.24) is 0 Å². The highest BCUT2D eigenvalue weighted by atomic mass is 16.6. The van der Waals surface area contributed by atoms with E-state index < -0.39 is 63.7 Å². The summed E-state index contributed by atoms with van der Waals surface area (Å²) in [6.07, 6.45) is 2.15.